The van der Waals surface area contributed by atoms with Gasteiger partial charge in [-0.3, -0.25) is 4.79 Å². The van der Waals surface area contributed by atoms with Gasteiger partial charge in [-0.25, -0.2) is 4.98 Å². The van der Waals surface area contributed by atoms with Gasteiger partial charge in [0.05, 0.1) is 17.6 Å². The van der Waals surface area contributed by atoms with Crippen molar-refractivity contribution in [2.45, 2.75) is 58.4 Å². The number of fused-ring (bicyclic) bond motifs is 1. The van der Waals surface area contributed by atoms with E-state index < -0.39 is 0 Å². The number of amides is 1. The molecule has 6 heteroatoms. The maximum Gasteiger partial charge on any atom is 0.223 e. The van der Waals surface area contributed by atoms with Crippen molar-refractivity contribution in [1.82, 2.24) is 14.9 Å². The third-order valence-electron chi connectivity index (χ3n) is 6.30. The smallest absolute Gasteiger partial charge is 0.223 e. The van der Waals surface area contributed by atoms with Gasteiger partial charge in [0.1, 0.15) is 18.2 Å². The number of imidazole rings is 1. The van der Waals surface area contributed by atoms with Gasteiger partial charge >= 0.3 is 0 Å². The number of benzene rings is 2. The first-order valence-corrected chi connectivity index (χ1v) is 12.1. The predicted octanol–water partition coefficient (Wildman–Crippen LogP) is 5.71. The summed E-state index contributed by atoms with van der Waals surface area (Å²) in [6.45, 7) is 3.93. The summed E-state index contributed by atoms with van der Waals surface area (Å²) >= 11 is 6.11. The zero-order chi connectivity index (χ0) is 22.3. The van der Waals surface area contributed by atoms with Crippen molar-refractivity contribution >= 4 is 28.5 Å². The van der Waals surface area contributed by atoms with E-state index in [1.165, 1.54) is 19.3 Å². The standard InChI is InChI=1S/C26H32ClN3O2/c1-19-18-21(13-14-22(19)27)32-17-16-30-24-11-6-5-10-23(24)29-25(30)12-7-15-28-26(31)20-8-3-2-4-9-20/h5-6,10-11,13-14,18,20H,2-4,7-9,12,15-17H2,1H3,(H,28,31). The minimum atomic E-state index is 0.210. The quantitative estimate of drug-likeness (QED) is 0.422. The maximum absolute atomic E-state index is 12.4. The first kappa shape index (κ1) is 22.7. The van der Waals surface area contributed by atoms with Gasteiger partial charge in [-0.15, -0.1) is 0 Å². The largest absolute Gasteiger partial charge is 0.492 e. The van der Waals surface area contributed by atoms with Gasteiger partial charge in [-0.05, 0) is 62.1 Å². The highest BCUT2D eigenvalue weighted by Gasteiger charge is 2.20. The van der Waals surface area contributed by atoms with Crippen molar-refractivity contribution in [3.05, 3.63) is 58.9 Å². The number of nitrogens with one attached hydrogen (secondary N) is 1. The average Bonchev–Trinajstić information content (AvgIpc) is 3.17. The summed E-state index contributed by atoms with van der Waals surface area (Å²) in [5.41, 5.74) is 3.12. The lowest BCUT2D eigenvalue weighted by molar-refractivity contribution is -0.125. The van der Waals surface area contributed by atoms with Crippen molar-refractivity contribution in [2.24, 2.45) is 5.92 Å². The van der Waals surface area contributed by atoms with Crippen LogP contribution < -0.4 is 10.1 Å². The molecule has 1 amide bonds. The number of aromatic nitrogens is 2. The van der Waals surface area contributed by atoms with Crippen molar-refractivity contribution < 1.29 is 9.53 Å². The van der Waals surface area contributed by atoms with Crippen LogP contribution in [0.25, 0.3) is 11.0 Å². The van der Waals surface area contributed by atoms with Gasteiger partial charge in [-0.1, -0.05) is 43.0 Å². The molecule has 1 aromatic heterocycles. The average molecular weight is 454 g/mol. The fourth-order valence-electron chi connectivity index (χ4n) is 4.49. The first-order chi connectivity index (χ1) is 15.6. The highest BCUT2D eigenvalue weighted by atomic mass is 35.5. The van der Waals surface area contributed by atoms with Crippen LogP contribution in [0.3, 0.4) is 0 Å². The topological polar surface area (TPSA) is 56.1 Å². The van der Waals surface area contributed by atoms with E-state index in [4.69, 9.17) is 21.3 Å². The number of hydrogen-bond acceptors (Lipinski definition) is 3. The third-order valence-corrected chi connectivity index (χ3v) is 6.72. The summed E-state index contributed by atoms with van der Waals surface area (Å²) in [6.07, 6.45) is 7.39. The molecule has 1 N–H and O–H groups in total. The van der Waals surface area contributed by atoms with Crippen LogP contribution in [0.2, 0.25) is 5.02 Å². The molecule has 5 nitrogen and oxygen atoms in total. The van der Waals surface area contributed by atoms with E-state index in [1.807, 2.05) is 43.3 Å². The van der Waals surface area contributed by atoms with Crippen LogP contribution in [0, 0.1) is 12.8 Å². The normalized spacial score (nSPS) is 14.6. The van der Waals surface area contributed by atoms with Crippen molar-refractivity contribution in [3.63, 3.8) is 0 Å². The van der Waals surface area contributed by atoms with E-state index >= 15 is 0 Å². The number of para-hydroxylation sites is 2. The lowest BCUT2D eigenvalue weighted by Gasteiger charge is -2.20. The Hall–Kier alpha value is -2.53. The van der Waals surface area contributed by atoms with Crippen LogP contribution in [0.5, 0.6) is 5.75 Å². The molecule has 0 radical (unpaired) electrons. The molecule has 0 unspecified atom stereocenters. The van der Waals surface area contributed by atoms with E-state index in [0.717, 1.165) is 58.9 Å². The Morgan fingerprint density at radius 1 is 1.19 bits per heavy atom. The predicted molar refractivity (Wildman–Crippen MR) is 129 cm³/mol. The Bertz CT molecular complexity index is 1060. The van der Waals surface area contributed by atoms with Crippen molar-refractivity contribution in [2.75, 3.05) is 13.2 Å². The molecule has 3 aromatic rings. The molecular weight excluding hydrogens is 422 g/mol. The second kappa shape index (κ2) is 10.9. The zero-order valence-electron chi connectivity index (χ0n) is 18.8. The van der Waals surface area contributed by atoms with E-state index in [-0.39, 0.29) is 11.8 Å². The van der Waals surface area contributed by atoms with Crippen LogP contribution in [0.1, 0.15) is 49.9 Å². The highest BCUT2D eigenvalue weighted by molar-refractivity contribution is 6.31. The minimum Gasteiger partial charge on any atom is -0.492 e. The van der Waals surface area contributed by atoms with Gasteiger partial charge in [0.25, 0.3) is 0 Å². The SMILES string of the molecule is Cc1cc(OCCn2c(CCCNC(=O)C3CCCCC3)nc3ccccc32)ccc1Cl. The zero-order valence-corrected chi connectivity index (χ0v) is 19.5. The Balaban J connectivity index is 1.34. The lowest BCUT2D eigenvalue weighted by atomic mass is 9.89. The number of carbonyl (C=O) groups is 1. The number of ether oxygens (including phenoxy) is 1. The summed E-state index contributed by atoms with van der Waals surface area (Å²) < 4.78 is 8.22. The molecular formula is C26H32ClN3O2. The minimum absolute atomic E-state index is 0.210. The van der Waals surface area contributed by atoms with E-state index in [1.54, 1.807) is 0 Å². The molecule has 0 aliphatic heterocycles. The summed E-state index contributed by atoms with van der Waals surface area (Å²) in [6, 6.07) is 13.9. The van der Waals surface area contributed by atoms with Crippen LogP contribution >= 0.6 is 11.6 Å². The van der Waals surface area contributed by atoms with Crippen LogP contribution in [0.15, 0.2) is 42.5 Å². The molecule has 32 heavy (non-hydrogen) atoms. The Morgan fingerprint density at radius 3 is 2.81 bits per heavy atom. The Morgan fingerprint density at radius 2 is 2.00 bits per heavy atom. The molecule has 170 valence electrons. The second-order valence-electron chi connectivity index (χ2n) is 8.66. The number of hydrogen-bond donors (Lipinski definition) is 1. The molecule has 4 rings (SSSR count). The molecule has 1 aliphatic rings. The molecule has 1 fully saturated rings. The summed E-state index contributed by atoms with van der Waals surface area (Å²) in [5, 5.41) is 3.89. The van der Waals surface area contributed by atoms with Crippen LogP contribution in [0.4, 0.5) is 0 Å². The van der Waals surface area contributed by atoms with E-state index in [0.29, 0.717) is 19.7 Å². The molecule has 0 saturated heterocycles. The van der Waals surface area contributed by atoms with Crippen LogP contribution in [-0.2, 0) is 17.8 Å². The maximum atomic E-state index is 12.4. The van der Waals surface area contributed by atoms with Crippen molar-refractivity contribution in [1.29, 1.82) is 0 Å². The molecule has 0 bridgehead atoms. The summed E-state index contributed by atoms with van der Waals surface area (Å²) in [7, 11) is 0. The number of nitrogens with zero attached hydrogens (tertiary/aromatic N) is 2. The Kier molecular flexibility index (Phi) is 7.69. The highest BCUT2D eigenvalue weighted by Crippen LogP contribution is 2.24. The van der Waals surface area contributed by atoms with Crippen LogP contribution in [-0.4, -0.2) is 28.6 Å². The molecule has 1 aliphatic carbocycles. The summed E-state index contributed by atoms with van der Waals surface area (Å²) in [5.74, 6) is 2.30. The number of carbonyl (C=O) groups excluding carboxylic acids is 1. The fraction of sp³-hybridized carbons (Fsp3) is 0.462. The van der Waals surface area contributed by atoms with Gasteiger partial charge < -0.3 is 14.6 Å². The first-order valence-electron chi connectivity index (χ1n) is 11.7. The molecule has 2 aromatic carbocycles. The van der Waals surface area contributed by atoms with Gasteiger partial charge in [0.15, 0.2) is 0 Å². The molecule has 1 heterocycles. The lowest BCUT2D eigenvalue weighted by Crippen LogP contribution is -2.32. The molecule has 0 atom stereocenters. The van der Waals surface area contributed by atoms with Gasteiger partial charge in [0.2, 0.25) is 5.91 Å². The Labute approximate surface area is 195 Å². The fourth-order valence-corrected chi connectivity index (χ4v) is 4.61. The van der Waals surface area contributed by atoms with E-state index in [2.05, 4.69) is 16.0 Å². The third kappa shape index (κ3) is 5.63. The van der Waals surface area contributed by atoms with Gasteiger partial charge in [0, 0.05) is 23.9 Å². The van der Waals surface area contributed by atoms with E-state index in [9.17, 15) is 4.79 Å². The monoisotopic (exact) mass is 453 g/mol. The van der Waals surface area contributed by atoms with Crippen molar-refractivity contribution in [3.8, 4) is 5.75 Å². The number of rotatable bonds is 9. The second-order valence-corrected chi connectivity index (χ2v) is 9.06. The van der Waals surface area contributed by atoms with Gasteiger partial charge in [-0.2, -0.15) is 0 Å². The molecule has 0 spiro atoms. The number of aryl methyl sites for hydroxylation is 2. The number of halogens is 1. The summed E-state index contributed by atoms with van der Waals surface area (Å²) in [4.78, 5) is 17.2. The molecule has 1 saturated carbocycles.